The number of nitrogens with one attached hydrogen (secondary N) is 2. The van der Waals surface area contributed by atoms with Gasteiger partial charge in [-0.15, -0.1) is 0 Å². The summed E-state index contributed by atoms with van der Waals surface area (Å²) in [7, 11) is 1.86. The van der Waals surface area contributed by atoms with Gasteiger partial charge in [0.25, 0.3) is 0 Å². The van der Waals surface area contributed by atoms with Crippen LogP contribution in [-0.4, -0.2) is 50.3 Å². The number of ketones is 1. The van der Waals surface area contributed by atoms with E-state index in [-0.39, 0.29) is 36.3 Å². The summed E-state index contributed by atoms with van der Waals surface area (Å²) in [6.45, 7) is 8.61. The minimum absolute atomic E-state index is 0.00145. The Labute approximate surface area is 225 Å². The molecule has 3 atom stereocenters. The van der Waals surface area contributed by atoms with Gasteiger partial charge >= 0.3 is 0 Å². The number of benzene rings is 2. The fourth-order valence-electron chi connectivity index (χ4n) is 4.60. The van der Waals surface area contributed by atoms with Gasteiger partial charge in [-0.25, -0.2) is 8.78 Å². The summed E-state index contributed by atoms with van der Waals surface area (Å²) >= 11 is 0. The number of carbonyl (C=O) groups is 1. The van der Waals surface area contributed by atoms with Gasteiger partial charge in [0, 0.05) is 49.3 Å². The van der Waals surface area contributed by atoms with Gasteiger partial charge in [0.1, 0.15) is 47.7 Å². The fourth-order valence-corrected chi connectivity index (χ4v) is 4.60. The maximum atomic E-state index is 14.2. The van der Waals surface area contributed by atoms with Crippen molar-refractivity contribution in [3.05, 3.63) is 53.6 Å². The topological polar surface area (TPSA) is 68.8 Å². The molecule has 2 aromatic rings. The number of rotatable bonds is 16. The second kappa shape index (κ2) is 14.4. The molecule has 1 saturated carbocycles. The van der Waals surface area contributed by atoms with Crippen molar-refractivity contribution in [3.63, 3.8) is 0 Å². The Balaban J connectivity index is 1.41. The van der Waals surface area contributed by atoms with Gasteiger partial charge in [-0.2, -0.15) is 0 Å². The molecule has 0 saturated heterocycles. The predicted molar refractivity (Wildman–Crippen MR) is 145 cm³/mol. The second-order valence-corrected chi connectivity index (χ2v) is 10.5. The summed E-state index contributed by atoms with van der Waals surface area (Å²) in [5.41, 5.74) is 0.943. The quantitative estimate of drug-likeness (QED) is 0.286. The zero-order valence-corrected chi connectivity index (χ0v) is 23.2. The normalized spacial score (nSPS) is 19.2. The number of hydrogen-bond donors (Lipinski definition) is 2. The molecule has 3 rings (SSSR count). The number of halogens is 2. The molecule has 2 N–H and O–H groups in total. The highest BCUT2D eigenvalue weighted by molar-refractivity contribution is 5.79. The lowest BCUT2D eigenvalue weighted by Crippen LogP contribution is -2.49. The first-order valence-corrected chi connectivity index (χ1v) is 13.6. The van der Waals surface area contributed by atoms with Gasteiger partial charge in [-0.3, -0.25) is 4.79 Å². The molecule has 6 nitrogen and oxygen atoms in total. The molecule has 38 heavy (non-hydrogen) atoms. The van der Waals surface area contributed by atoms with Crippen molar-refractivity contribution in [3.8, 4) is 17.2 Å². The molecule has 210 valence electrons. The number of hydrogen-bond acceptors (Lipinski definition) is 6. The number of carbonyl (C=O) groups excluding carboxylic acids is 1. The molecular formula is C30H42F2N2O4. The van der Waals surface area contributed by atoms with Crippen LogP contribution in [0.25, 0.3) is 0 Å². The van der Waals surface area contributed by atoms with E-state index >= 15 is 0 Å². The van der Waals surface area contributed by atoms with Crippen molar-refractivity contribution in [2.75, 3.05) is 20.2 Å². The van der Waals surface area contributed by atoms with Crippen molar-refractivity contribution in [2.24, 2.45) is 0 Å². The van der Waals surface area contributed by atoms with Crippen LogP contribution < -0.4 is 24.8 Å². The van der Waals surface area contributed by atoms with Gasteiger partial charge < -0.3 is 24.8 Å². The number of likely N-dealkylation sites (N-methyl/N-ethyl adjacent to an activating group) is 1. The number of Topliss-reactive ketones (excluding diaryl/α,β-unsaturated/α-hetero) is 1. The molecule has 1 aliphatic carbocycles. The third-order valence-corrected chi connectivity index (χ3v) is 6.88. The molecule has 2 aromatic carbocycles. The first-order valence-electron chi connectivity index (χ1n) is 13.6. The first kappa shape index (κ1) is 29.8. The Morgan fingerprint density at radius 1 is 0.974 bits per heavy atom. The lowest BCUT2D eigenvalue weighted by molar-refractivity contribution is -0.120. The molecule has 0 amide bonds. The van der Waals surface area contributed by atoms with Crippen LogP contribution in [0.2, 0.25) is 0 Å². The van der Waals surface area contributed by atoms with Crippen LogP contribution in [0.3, 0.4) is 0 Å². The molecule has 1 aliphatic rings. The molecule has 0 bridgehead atoms. The van der Waals surface area contributed by atoms with Crippen molar-refractivity contribution < 1.29 is 27.8 Å². The van der Waals surface area contributed by atoms with Gasteiger partial charge in [-0.1, -0.05) is 13.8 Å². The van der Waals surface area contributed by atoms with Gasteiger partial charge in [0.15, 0.2) is 5.78 Å². The molecule has 0 spiro atoms. The van der Waals surface area contributed by atoms with E-state index in [0.29, 0.717) is 42.3 Å². The van der Waals surface area contributed by atoms with Gasteiger partial charge in [-0.05, 0) is 70.2 Å². The van der Waals surface area contributed by atoms with E-state index in [1.54, 1.807) is 19.1 Å². The maximum Gasteiger partial charge on any atom is 0.169 e. The average molecular weight is 533 g/mol. The molecular weight excluding hydrogens is 490 g/mol. The Kier molecular flexibility index (Phi) is 11.3. The zero-order chi connectivity index (χ0) is 27.7. The summed E-state index contributed by atoms with van der Waals surface area (Å²) in [4.78, 5) is 11.5. The lowest BCUT2D eigenvalue weighted by Gasteiger charge is -2.38. The Hall–Kier alpha value is -2.71. The third-order valence-electron chi connectivity index (χ3n) is 6.88. The van der Waals surface area contributed by atoms with E-state index in [0.717, 1.165) is 31.2 Å². The summed E-state index contributed by atoms with van der Waals surface area (Å²) in [6, 6.07) is 9.82. The van der Waals surface area contributed by atoms with Crippen LogP contribution in [0.5, 0.6) is 17.2 Å². The maximum absolute atomic E-state index is 14.2. The Bertz CT molecular complexity index is 1040. The largest absolute Gasteiger partial charge is 0.490 e. The summed E-state index contributed by atoms with van der Waals surface area (Å²) in [5, 5.41) is 6.70. The third kappa shape index (κ3) is 9.55. The Morgan fingerprint density at radius 3 is 2.37 bits per heavy atom. The SMILES string of the molecule is CCC(=O)COc1cc(F)cc(O[C@H]2C[C@@H](NC(C)CCC(C)c3cc(F)cc(O[C@@H](C)CNC)c3)C2)c1. The molecule has 0 heterocycles. The first-order chi connectivity index (χ1) is 18.1. The van der Waals surface area contributed by atoms with Crippen molar-refractivity contribution in [2.45, 2.75) is 90.0 Å². The molecule has 8 heteroatoms. The standard InChI is InChI=1S/C30H42F2N2O4/c1-6-26(35)18-36-27-11-24(32)13-29(16-27)38-30-14-25(15-30)34-20(3)8-7-19(2)22-9-23(31)12-28(10-22)37-21(4)17-33-5/h9-13,16,19-21,25,30,33-34H,6-8,14-15,17-18H2,1-5H3/t19?,20?,21-,25-,30+/m0/s1. The second-order valence-electron chi connectivity index (χ2n) is 10.5. The summed E-state index contributed by atoms with van der Waals surface area (Å²) in [6.07, 6.45) is 3.87. The van der Waals surface area contributed by atoms with Crippen molar-refractivity contribution in [1.29, 1.82) is 0 Å². The highest BCUT2D eigenvalue weighted by Gasteiger charge is 2.31. The van der Waals surface area contributed by atoms with E-state index in [9.17, 15) is 13.6 Å². The summed E-state index contributed by atoms with van der Waals surface area (Å²) in [5.74, 6) is 0.689. The lowest BCUT2D eigenvalue weighted by atomic mass is 9.87. The van der Waals surface area contributed by atoms with E-state index in [2.05, 4.69) is 24.5 Å². The monoisotopic (exact) mass is 532 g/mol. The summed E-state index contributed by atoms with van der Waals surface area (Å²) < 4.78 is 45.4. The average Bonchev–Trinajstić information content (AvgIpc) is 2.83. The Morgan fingerprint density at radius 2 is 1.66 bits per heavy atom. The van der Waals surface area contributed by atoms with E-state index < -0.39 is 5.82 Å². The van der Waals surface area contributed by atoms with E-state index in [1.165, 1.54) is 18.2 Å². The minimum Gasteiger partial charge on any atom is -0.490 e. The van der Waals surface area contributed by atoms with Crippen LogP contribution in [0.1, 0.15) is 71.3 Å². The van der Waals surface area contributed by atoms with Crippen LogP contribution in [0.15, 0.2) is 36.4 Å². The van der Waals surface area contributed by atoms with E-state index in [4.69, 9.17) is 14.2 Å². The number of ether oxygens (including phenoxy) is 3. The molecule has 0 aliphatic heterocycles. The molecule has 0 radical (unpaired) electrons. The van der Waals surface area contributed by atoms with E-state index in [1.807, 2.05) is 20.0 Å². The van der Waals surface area contributed by atoms with Crippen LogP contribution in [0.4, 0.5) is 8.78 Å². The van der Waals surface area contributed by atoms with Crippen LogP contribution in [0, 0.1) is 11.6 Å². The smallest absolute Gasteiger partial charge is 0.169 e. The molecule has 1 fully saturated rings. The van der Waals surface area contributed by atoms with Gasteiger partial charge in [0.05, 0.1) is 0 Å². The molecule has 0 aromatic heterocycles. The van der Waals surface area contributed by atoms with Crippen LogP contribution in [-0.2, 0) is 4.79 Å². The predicted octanol–water partition coefficient (Wildman–Crippen LogP) is 5.78. The molecule has 2 unspecified atom stereocenters. The highest BCUT2D eigenvalue weighted by Crippen LogP contribution is 2.31. The van der Waals surface area contributed by atoms with Crippen molar-refractivity contribution >= 4 is 5.78 Å². The fraction of sp³-hybridized carbons (Fsp3) is 0.567. The van der Waals surface area contributed by atoms with Gasteiger partial charge in [0.2, 0.25) is 0 Å². The van der Waals surface area contributed by atoms with Crippen LogP contribution >= 0.6 is 0 Å². The minimum atomic E-state index is -0.456. The van der Waals surface area contributed by atoms with Crippen molar-refractivity contribution in [1.82, 2.24) is 10.6 Å². The zero-order valence-electron chi connectivity index (χ0n) is 23.2. The highest BCUT2D eigenvalue weighted by atomic mass is 19.1.